The number of hydrogen-bond acceptors (Lipinski definition) is 6. The maximum atomic E-state index is 6.35. The van der Waals surface area contributed by atoms with Crippen LogP contribution in [-0.2, 0) is 0 Å². The number of aromatic nitrogens is 5. The fourth-order valence-corrected chi connectivity index (χ4v) is 11.6. The molecular weight excluding hydrogens is 967 g/mol. The molecule has 8 heteroatoms. The molecule has 1 aliphatic heterocycles. The van der Waals surface area contributed by atoms with Crippen LogP contribution in [0.25, 0.3) is 114 Å². The van der Waals surface area contributed by atoms with Crippen LogP contribution in [0.4, 0.5) is 34.1 Å². The van der Waals surface area contributed by atoms with Crippen molar-refractivity contribution in [2.24, 2.45) is 0 Å². The smallest absolute Gasteiger partial charge is 0.164 e. The van der Waals surface area contributed by atoms with E-state index in [2.05, 4.69) is 203 Å². The monoisotopic (exact) mass is 1020 g/mol. The molecule has 0 atom stereocenters. The third-order valence-electron chi connectivity index (χ3n) is 15.0. The quantitative estimate of drug-likeness (QED) is 0.136. The molecule has 13 aromatic rings. The zero-order chi connectivity index (χ0) is 53.1. The average molecular weight is 1020 g/mol. The fraction of sp³-hybridized carbons (Fsp3) is 0.0282. The van der Waals surface area contributed by atoms with Crippen molar-refractivity contribution in [1.82, 2.24) is 24.1 Å². The van der Waals surface area contributed by atoms with Gasteiger partial charge in [-0.2, -0.15) is 0 Å². The van der Waals surface area contributed by atoms with Crippen molar-refractivity contribution in [1.29, 1.82) is 0 Å². The van der Waals surface area contributed by atoms with Gasteiger partial charge in [0.05, 0.1) is 45.0 Å². The fourth-order valence-electron chi connectivity index (χ4n) is 11.6. The maximum Gasteiger partial charge on any atom is 0.164 e. The first-order chi connectivity index (χ1) is 39.0. The molecule has 0 radical (unpaired) electrons. The van der Waals surface area contributed by atoms with E-state index in [0.29, 0.717) is 17.5 Å². The van der Waals surface area contributed by atoms with E-state index >= 15 is 0 Å². The van der Waals surface area contributed by atoms with Gasteiger partial charge in [-0.05, 0) is 111 Å². The lowest BCUT2D eigenvalue weighted by Gasteiger charge is -2.40. The first-order valence-corrected chi connectivity index (χ1v) is 26.6. The third-order valence-corrected chi connectivity index (χ3v) is 15.0. The van der Waals surface area contributed by atoms with Gasteiger partial charge in [-0.3, -0.25) is 0 Å². The van der Waals surface area contributed by atoms with Gasteiger partial charge in [-0.1, -0.05) is 165 Å². The molecule has 14 rings (SSSR count). The second-order valence-corrected chi connectivity index (χ2v) is 19.6. The molecule has 0 saturated heterocycles. The lowest BCUT2D eigenvalue weighted by molar-refractivity contribution is 0.575. The Kier molecular flexibility index (Phi) is 11.4. The molecule has 79 heavy (non-hydrogen) atoms. The number of benzene rings is 9. The highest BCUT2D eigenvalue weighted by atomic mass is 16.3. The molecule has 0 N–H and O–H groups in total. The molecular formula is C71H51N7O. The van der Waals surface area contributed by atoms with Crippen LogP contribution < -0.4 is 20.4 Å². The summed E-state index contributed by atoms with van der Waals surface area (Å²) in [6, 6.07) is 74.9. The Morgan fingerprint density at radius 2 is 0.949 bits per heavy atom. The van der Waals surface area contributed by atoms with Crippen molar-refractivity contribution in [3.8, 4) is 45.5 Å². The molecule has 0 saturated carbocycles. The van der Waals surface area contributed by atoms with E-state index in [1.165, 1.54) is 0 Å². The summed E-state index contributed by atoms with van der Waals surface area (Å²) in [6.45, 7) is 12.6. The molecule has 376 valence electrons. The Labute approximate surface area is 457 Å². The Bertz CT molecular complexity index is 4670. The van der Waals surface area contributed by atoms with Crippen LogP contribution in [0.1, 0.15) is 25.1 Å². The van der Waals surface area contributed by atoms with Gasteiger partial charge >= 0.3 is 0 Å². The van der Waals surface area contributed by atoms with Crippen LogP contribution >= 0.6 is 0 Å². The van der Waals surface area contributed by atoms with Gasteiger partial charge in [0.1, 0.15) is 11.0 Å². The summed E-state index contributed by atoms with van der Waals surface area (Å²) in [5.41, 5.74) is 17.8. The lowest BCUT2D eigenvalue weighted by atomic mass is 10.00. The highest BCUT2D eigenvalue weighted by Gasteiger charge is 2.34. The van der Waals surface area contributed by atoms with Gasteiger partial charge in [-0.15, -0.1) is 0 Å². The molecule has 0 spiro atoms. The molecule has 4 aromatic heterocycles. The molecule has 0 amide bonds. The van der Waals surface area contributed by atoms with Crippen LogP contribution in [0.5, 0.6) is 0 Å². The summed E-state index contributed by atoms with van der Waals surface area (Å²) in [6.07, 6.45) is 12.1. The van der Waals surface area contributed by atoms with Gasteiger partial charge < -0.3 is 23.4 Å². The minimum Gasteiger partial charge on any atom is -0.456 e. The summed E-state index contributed by atoms with van der Waals surface area (Å²) in [5.74, 6) is 1.83. The zero-order valence-corrected chi connectivity index (χ0v) is 43.6. The van der Waals surface area contributed by atoms with E-state index in [-0.39, 0.29) is 0 Å². The molecule has 1 aliphatic rings. The third kappa shape index (κ3) is 7.72. The van der Waals surface area contributed by atoms with E-state index in [1.807, 2.05) is 91.9 Å². The summed E-state index contributed by atoms with van der Waals surface area (Å²) < 4.78 is 11.1. The van der Waals surface area contributed by atoms with Crippen LogP contribution in [-0.4, -0.2) is 24.1 Å². The molecule has 0 aliphatic carbocycles. The van der Waals surface area contributed by atoms with Crippen LogP contribution in [0.15, 0.2) is 242 Å². The minimum atomic E-state index is 0.595. The van der Waals surface area contributed by atoms with Gasteiger partial charge in [0.25, 0.3) is 0 Å². The van der Waals surface area contributed by atoms with Crippen molar-refractivity contribution < 1.29 is 4.42 Å². The van der Waals surface area contributed by atoms with Crippen LogP contribution in [0, 0.1) is 0 Å². The SMILES string of the molecule is C=C/C=c1\c(=C/C)oc2ccc(-n3c(C=C)c(/C=C\C)c4cc5c(cc43)N(c3ccccc3)c3cc4c6ccccc6n(-c6cccc(-c7nc(-c8ccccc8)nc(-c8ccccc8)n7)c6)c4cc3N5c3ccccc3)cc12. The number of fused-ring (bicyclic) bond motifs is 7. The predicted molar refractivity (Wildman–Crippen MR) is 329 cm³/mol. The molecule has 0 unspecified atom stereocenters. The molecule has 0 bridgehead atoms. The number of para-hydroxylation sites is 3. The standard InChI is InChI=1S/C71H51N7O/c1-5-24-53-56-42-63-65(44-61(56)77(59(53)7-3)52-38-39-68-58(41-52)55(25-6-2)67(8-4)79-68)76(50-33-19-12-20-34-50)64-43-57-54-36-21-22-37-60(54)78(62(57)45-66(64)75(63)49-31-17-11-18-32-49)51-35-23-30-48(40-51)71-73-69(46-26-13-9-14-27-46)72-70(74-71)47-28-15-10-16-29-47/h5-45H,2-3H2,1,4H3/b24-5-,55-25-,67-8+. The number of furan rings is 1. The number of allylic oxidation sites excluding steroid dienone is 2. The van der Waals surface area contributed by atoms with Crippen molar-refractivity contribution >= 4 is 102 Å². The zero-order valence-electron chi connectivity index (χ0n) is 43.6. The summed E-state index contributed by atoms with van der Waals surface area (Å²) >= 11 is 0. The lowest BCUT2D eigenvalue weighted by Crippen LogP contribution is -2.24. The Morgan fingerprint density at radius 3 is 1.54 bits per heavy atom. The maximum absolute atomic E-state index is 6.35. The second-order valence-electron chi connectivity index (χ2n) is 19.6. The number of nitrogens with zero attached hydrogens (tertiary/aromatic N) is 7. The predicted octanol–water partition coefficient (Wildman–Crippen LogP) is 17.4. The minimum absolute atomic E-state index is 0.595. The molecule has 8 nitrogen and oxygen atoms in total. The van der Waals surface area contributed by atoms with Crippen molar-refractivity contribution in [3.05, 3.63) is 260 Å². The highest BCUT2D eigenvalue weighted by Crippen LogP contribution is 2.57. The summed E-state index contributed by atoms with van der Waals surface area (Å²) in [7, 11) is 0. The average Bonchev–Trinajstić information content (AvgIpc) is 4.22. The van der Waals surface area contributed by atoms with E-state index in [9.17, 15) is 0 Å². The van der Waals surface area contributed by atoms with Crippen molar-refractivity contribution in [2.45, 2.75) is 13.8 Å². The van der Waals surface area contributed by atoms with Crippen LogP contribution in [0.2, 0.25) is 0 Å². The van der Waals surface area contributed by atoms with E-state index < -0.39 is 0 Å². The first-order valence-electron chi connectivity index (χ1n) is 26.6. The summed E-state index contributed by atoms with van der Waals surface area (Å²) in [4.78, 5) is 20.1. The van der Waals surface area contributed by atoms with Gasteiger partial charge in [0, 0.05) is 71.8 Å². The van der Waals surface area contributed by atoms with Crippen LogP contribution in [0.3, 0.4) is 0 Å². The molecule has 0 fully saturated rings. The van der Waals surface area contributed by atoms with E-state index in [1.54, 1.807) is 0 Å². The Balaban J connectivity index is 1.03. The van der Waals surface area contributed by atoms with Gasteiger partial charge in [0.15, 0.2) is 17.5 Å². The van der Waals surface area contributed by atoms with E-state index in [4.69, 9.17) is 19.4 Å². The Hall–Kier alpha value is -10.6. The first kappa shape index (κ1) is 46.9. The highest BCUT2D eigenvalue weighted by molar-refractivity contribution is 6.16. The van der Waals surface area contributed by atoms with Gasteiger partial charge in [0.2, 0.25) is 0 Å². The largest absolute Gasteiger partial charge is 0.456 e. The topological polar surface area (TPSA) is 68.1 Å². The number of hydrogen-bond donors (Lipinski definition) is 0. The second kappa shape index (κ2) is 19.2. The van der Waals surface area contributed by atoms with Gasteiger partial charge in [-0.25, -0.2) is 15.0 Å². The molecule has 5 heterocycles. The van der Waals surface area contributed by atoms with Crippen molar-refractivity contribution in [2.75, 3.05) is 9.80 Å². The van der Waals surface area contributed by atoms with E-state index in [0.717, 1.165) is 128 Å². The summed E-state index contributed by atoms with van der Waals surface area (Å²) in [5, 5.41) is 5.36. The molecule has 9 aromatic carbocycles. The number of anilines is 6. The van der Waals surface area contributed by atoms with Crippen molar-refractivity contribution in [3.63, 3.8) is 0 Å². The number of rotatable bonds is 10. The normalized spacial score (nSPS) is 12.8. The Morgan fingerprint density at radius 1 is 0.430 bits per heavy atom.